The maximum absolute atomic E-state index is 12.9. The lowest BCUT2D eigenvalue weighted by atomic mass is 9.91. The number of aromatic nitrogens is 2. The van der Waals surface area contributed by atoms with Gasteiger partial charge in [-0.25, -0.2) is 4.98 Å². The first-order valence-electron chi connectivity index (χ1n) is 12.7. The Morgan fingerprint density at radius 2 is 1.81 bits per heavy atom. The highest BCUT2D eigenvalue weighted by Gasteiger charge is 2.24. The molecule has 2 aromatic carbocycles. The molecule has 0 unspecified atom stereocenters. The number of methoxy groups -OCH3 is 1. The van der Waals surface area contributed by atoms with Gasteiger partial charge >= 0.3 is 0 Å². The number of nitrogens with one attached hydrogen (secondary N) is 3. The van der Waals surface area contributed by atoms with Crippen LogP contribution in [0.15, 0.2) is 48.5 Å². The van der Waals surface area contributed by atoms with Crippen molar-refractivity contribution in [1.29, 1.82) is 0 Å². The number of aryl methyl sites for hydroxylation is 1. The van der Waals surface area contributed by atoms with Crippen LogP contribution in [0.3, 0.4) is 0 Å². The van der Waals surface area contributed by atoms with Crippen LogP contribution in [-0.2, 0) is 11.2 Å². The molecule has 7 nitrogen and oxygen atoms in total. The molecule has 1 fully saturated rings. The monoisotopic (exact) mass is 485 g/mol. The number of nitrogens with zero attached hydrogens (tertiary/aromatic N) is 2. The van der Waals surface area contributed by atoms with E-state index < -0.39 is 0 Å². The van der Waals surface area contributed by atoms with Gasteiger partial charge in [0.1, 0.15) is 11.6 Å². The van der Waals surface area contributed by atoms with Crippen LogP contribution in [-0.4, -0.2) is 49.2 Å². The molecule has 36 heavy (non-hydrogen) atoms. The van der Waals surface area contributed by atoms with Gasteiger partial charge in [-0.1, -0.05) is 18.2 Å². The Morgan fingerprint density at radius 1 is 1.06 bits per heavy atom. The Balaban J connectivity index is 1.19. The fourth-order valence-corrected chi connectivity index (χ4v) is 5.35. The van der Waals surface area contributed by atoms with Crippen LogP contribution in [0.5, 0.6) is 5.75 Å². The van der Waals surface area contributed by atoms with Crippen molar-refractivity contribution in [3.8, 4) is 5.75 Å². The van der Waals surface area contributed by atoms with Gasteiger partial charge in [0.2, 0.25) is 5.91 Å². The summed E-state index contributed by atoms with van der Waals surface area (Å²) < 4.78 is 5.38. The van der Waals surface area contributed by atoms with Crippen molar-refractivity contribution in [2.24, 2.45) is 0 Å². The van der Waals surface area contributed by atoms with Gasteiger partial charge in [-0.2, -0.15) is 0 Å². The zero-order valence-corrected chi connectivity index (χ0v) is 21.5. The van der Waals surface area contributed by atoms with Gasteiger partial charge in [-0.05, 0) is 62.4 Å². The van der Waals surface area contributed by atoms with Gasteiger partial charge in [0, 0.05) is 59.9 Å². The number of benzene rings is 2. The van der Waals surface area contributed by atoms with E-state index >= 15 is 0 Å². The Kier molecular flexibility index (Phi) is 6.72. The lowest BCUT2D eigenvalue weighted by Crippen LogP contribution is -2.40. The summed E-state index contributed by atoms with van der Waals surface area (Å²) in [5.74, 6) is 1.78. The van der Waals surface area contributed by atoms with Crippen molar-refractivity contribution in [3.05, 3.63) is 59.8 Å². The summed E-state index contributed by atoms with van der Waals surface area (Å²) >= 11 is 0. The van der Waals surface area contributed by atoms with E-state index in [2.05, 4.69) is 58.9 Å². The third kappa shape index (κ3) is 4.96. The van der Waals surface area contributed by atoms with Crippen LogP contribution < -0.4 is 20.3 Å². The first-order chi connectivity index (χ1) is 17.4. The van der Waals surface area contributed by atoms with Crippen LogP contribution in [0.25, 0.3) is 21.8 Å². The minimum atomic E-state index is 0.0741. The lowest BCUT2D eigenvalue weighted by molar-refractivity contribution is -0.121. The van der Waals surface area contributed by atoms with Crippen molar-refractivity contribution in [1.82, 2.24) is 15.3 Å². The van der Waals surface area contributed by atoms with Gasteiger partial charge in [0.05, 0.1) is 19.0 Å². The summed E-state index contributed by atoms with van der Waals surface area (Å²) in [6, 6.07) is 16.9. The summed E-state index contributed by atoms with van der Waals surface area (Å²) in [5.41, 5.74) is 5.26. The van der Waals surface area contributed by atoms with E-state index in [1.807, 2.05) is 31.2 Å². The molecule has 2 aromatic heterocycles. The molecule has 0 saturated heterocycles. The van der Waals surface area contributed by atoms with E-state index in [4.69, 9.17) is 9.72 Å². The second kappa shape index (κ2) is 10.1. The number of H-pyrrole nitrogens is 1. The third-order valence-electron chi connectivity index (χ3n) is 7.28. The van der Waals surface area contributed by atoms with Gasteiger partial charge in [-0.15, -0.1) is 0 Å². The van der Waals surface area contributed by atoms with E-state index in [1.165, 1.54) is 0 Å². The van der Waals surface area contributed by atoms with Crippen molar-refractivity contribution in [2.75, 3.05) is 31.4 Å². The summed E-state index contributed by atoms with van der Waals surface area (Å²) in [5, 5.41) is 9.13. The number of anilines is 2. The maximum atomic E-state index is 12.9. The minimum Gasteiger partial charge on any atom is -0.497 e. The molecule has 0 atom stereocenters. The van der Waals surface area contributed by atoms with Crippen molar-refractivity contribution < 1.29 is 9.53 Å². The number of aromatic amines is 1. The number of para-hydroxylation sites is 1. The van der Waals surface area contributed by atoms with Gasteiger partial charge in [0.15, 0.2) is 0 Å². The van der Waals surface area contributed by atoms with Crippen LogP contribution in [0, 0.1) is 6.92 Å². The first kappa shape index (κ1) is 24.0. The lowest BCUT2D eigenvalue weighted by Gasteiger charge is -2.30. The van der Waals surface area contributed by atoms with Crippen LogP contribution in [0.1, 0.15) is 36.9 Å². The molecular weight excluding hydrogens is 450 g/mol. The topological polar surface area (TPSA) is 82.3 Å². The Morgan fingerprint density at radius 3 is 2.56 bits per heavy atom. The number of rotatable bonds is 7. The van der Waals surface area contributed by atoms with Gasteiger partial charge in [0.25, 0.3) is 0 Å². The molecule has 4 aromatic rings. The van der Waals surface area contributed by atoms with Crippen LogP contribution in [0.2, 0.25) is 0 Å². The summed E-state index contributed by atoms with van der Waals surface area (Å²) in [6.07, 6.45) is 4.28. The number of fused-ring (bicyclic) bond motifs is 2. The highest BCUT2D eigenvalue weighted by Crippen LogP contribution is 2.30. The van der Waals surface area contributed by atoms with E-state index in [-0.39, 0.29) is 11.9 Å². The van der Waals surface area contributed by atoms with Crippen molar-refractivity contribution in [2.45, 2.75) is 51.1 Å². The molecule has 188 valence electrons. The van der Waals surface area contributed by atoms with E-state index in [1.54, 1.807) is 7.11 Å². The molecule has 1 aliphatic rings. The number of carbonyl (C=O) groups excluding carboxylic acids is 1. The fraction of sp³-hybridized carbons (Fsp3) is 0.379. The van der Waals surface area contributed by atoms with Crippen molar-refractivity contribution in [3.63, 3.8) is 0 Å². The number of carbonyl (C=O) groups is 1. The highest BCUT2D eigenvalue weighted by molar-refractivity contribution is 5.93. The number of hydrogen-bond acceptors (Lipinski definition) is 5. The second-order valence-corrected chi connectivity index (χ2v) is 10.0. The smallest absolute Gasteiger partial charge is 0.224 e. The molecule has 5 rings (SSSR count). The predicted octanol–water partition coefficient (Wildman–Crippen LogP) is 5.18. The zero-order valence-electron chi connectivity index (χ0n) is 21.5. The molecule has 1 aliphatic carbocycles. The molecule has 0 aliphatic heterocycles. The average Bonchev–Trinajstić information content (AvgIpc) is 3.18. The molecular formula is C29H35N5O2. The van der Waals surface area contributed by atoms with Gasteiger partial charge < -0.3 is 25.3 Å². The van der Waals surface area contributed by atoms with Crippen LogP contribution >= 0.6 is 0 Å². The largest absolute Gasteiger partial charge is 0.497 e. The molecule has 1 saturated carbocycles. The number of pyridine rings is 1. The van der Waals surface area contributed by atoms with E-state index in [0.717, 1.165) is 76.0 Å². The Bertz CT molecular complexity index is 1390. The molecule has 3 N–H and O–H groups in total. The molecule has 0 radical (unpaired) electrons. The third-order valence-corrected chi connectivity index (χ3v) is 7.28. The Hall–Kier alpha value is -3.74. The number of hydrogen-bond donors (Lipinski definition) is 3. The summed E-state index contributed by atoms with van der Waals surface area (Å²) in [7, 11) is 5.79. The predicted molar refractivity (Wildman–Crippen MR) is 147 cm³/mol. The second-order valence-electron chi connectivity index (χ2n) is 10.0. The van der Waals surface area contributed by atoms with Gasteiger partial charge in [-0.3, -0.25) is 4.79 Å². The summed E-state index contributed by atoms with van der Waals surface area (Å²) in [4.78, 5) is 23.3. The molecule has 7 heteroatoms. The SMILES string of the molecule is COc1ccc2[nH]c(C)c(CC(=O)N[C@H]3CC[C@@H](Nc4cc(N(C)C)c5ccccc5n4)CC3)c2c1. The fourth-order valence-electron chi connectivity index (χ4n) is 5.35. The minimum absolute atomic E-state index is 0.0741. The first-order valence-corrected chi connectivity index (χ1v) is 12.7. The van der Waals surface area contributed by atoms with Crippen molar-refractivity contribution >= 4 is 39.2 Å². The Labute approximate surface area is 212 Å². The van der Waals surface area contributed by atoms with E-state index in [0.29, 0.717) is 12.5 Å². The number of ether oxygens (including phenoxy) is 1. The number of amides is 1. The van der Waals surface area contributed by atoms with Crippen LogP contribution in [0.4, 0.5) is 11.5 Å². The normalized spacial score (nSPS) is 17.8. The standard InChI is InChI=1S/C29H35N5O2/c1-18-23(24-15-21(36-4)13-14-26(24)30-18)16-29(35)32-20-11-9-19(10-12-20)31-28-17-27(34(2)3)22-7-5-6-8-25(22)33-28/h5-8,13-15,17,19-20,30H,9-12,16H2,1-4H3,(H,31,33)(H,32,35)/t19-,20+. The molecule has 1 amide bonds. The molecule has 0 bridgehead atoms. The maximum Gasteiger partial charge on any atom is 0.224 e. The van der Waals surface area contributed by atoms with E-state index in [9.17, 15) is 4.79 Å². The summed E-state index contributed by atoms with van der Waals surface area (Å²) in [6.45, 7) is 2.02. The highest BCUT2D eigenvalue weighted by atomic mass is 16.5. The quantitative estimate of drug-likeness (QED) is 0.336. The average molecular weight is 486 g/mol. The zero-order chi connectivity index (χ0) is 25.2. The molecule has 0 spiro atoms. The molecule has 2 heterocycles.